The van der Waals surface area contributed by atoms with E-state index in [4.69, 9.17) is 16.6 Å². The average Bonchev–Trinajstić information content (AvgIpc) is 2.16. The van der Waals surface area contributed by atoms with Crippen LogP contribution in [0.1, 0.15) is 0 Å². The predicted octanol–water partition coefficient (Wildman–Crippen LogP) is -0.827. The Morgan fingerprint density at radius 2 is 1.80 bits per heavy atom. The van der Waals surface area contributed by atoms with Gasteiger partial charge in [0.1, 0.15) is 0 Å². The molecule has 0 aliphatic heterocycles. The molecule has 0 saturated carbocycles. The van der Waals surface area contributed by atoms with Gasteiger partial charge in [0.2, 0.25) is 17.8 Å². The summed E-state index contributed by atoms with van der Waals surface area (Å²) in [5.74, 6) is 2.17. The first-order valence-corrected chi connectivity index (χ1v) is 5.57. The van der Waals surface area contributed by atoms with E-state index in [-0.39, 0.29) is 18.5 Å². The Morgan fingerprint density at radius 3 is 2.40 bits per heavy atom. The lowest BCUT2D eigenvalue weighted by Crippen LogP contribution is -2.11. The number of aliphatic hydroxyl groups is 1. The topological polar surface area (TPSA) is 123 Å². The first-order valence-electron chi connectivity index (χ1n) is 4.42. The number of nitrogens with zero attached hydrogens (tertiary/aromatic N) is 3. The third-order valence-corrected chi connectivity index (χ3v) is 2.40. The second-order valence-corrected chi connectivity index (χ2v) is 3.86. The Morgan fingerprint density at radius 1 is 1.13 bits per heavy atom. The number of nitrogens with one attached hydrogen (secondary N) is 1. The molecule has 0 amide bonds. The SMILES string of the molecule is Nc1nc(N)nc(NCCSCCO)n1. The summed E-state index contributed by atoms with van der Waals surface area (Å²) in [6.45, 7) is 0.879. The van der Waals surface area contributed by atoms with Crippen molar-refractivity contribution < 1.29 is 5.11 Å². The van der Waals surface area contributed by atoms with Gasteiger partial charge in [-0.05, 0) is 0 Å². The minimum Gasteiger partial charge on any atom is -0.396 e. The van der Waals surface area contributed by atoms with E-state index in [9.17, 15) is 0 Å². The van der Waals surface area contributed by atoms with Gasteiger partial charge in [-0.3, -0.25) is 0 Å². The van der Waals surface area contributed by atoms with Crippen LogP contribution in [0.2, 0.25) is 0 Å². The molecule has 7 nitrogen and oxygen atoms in total. The van der Waals surface area contributed by atoms with Gasteiger partial charge >= 0.3 is 0 Å². The fourth-order valence-corrected chi connectivity index (χ4v) is 1.47. The summed E-state index contributed by atoms with van der Waals surface area (Å²) >= 11 is 1.63. The molecule has 15 heavy (non-hydrogen) atoms. The summed E-state index contributed by atoms with van der Waals surface area (Å²) in [4.78, 5) is 11.4. The Labute approximate surface area is 91.7 Å². The van der Waals surface area contributed by atoms with Gasteiger partial charge in [-0.15, -0.1) is 0 Å². The van der Waals surface area contributed by atoms with Gasteiger partial charge in [0, 0.05) is 18.1 Å². The second kappa shape index (κ2) is 6.25. The highest BCUT2D eigenvalue weighted by Crippen LogP contribution is 2.04. The summed E-state index contributed by atoms with van der Waals surface area (Å²) in [7, 11) is 0. The van der Waals surface area contributed by atoms with Crippen molar-refractivity contribution in [1.29, 1.82) is 0 Å². The summed E-state index contributed by atoms with van der Waals surface area (Å²) in [5.41, 5.74) is 10.8. The van der Waals surface area contributed by atoms with Crippen molar-refractivity contribution in [2.24, 2.45) is 0 Å². The fraction of sp³-hybridized carbons (Fsp3) is 0.571. The first-order chi connectivity index (χ1) is 7.22. The number of anilines is 3. The van der Waals surface area contributed by atoms with Crippen molar-refractivity contribution in [2.75, 3.05) is 41.4 Å². The lowest BCUT2D eigenvalue weighted by Gasteiger charge is -2.04. The smallest absolute Gasteiger partial charge is 0.229 e. The molecule has 0 saturated heterocycles. The molecular weight excluding hydrogens is 216 g/mol. The molecule has 0 aliphatic carbocycles. The molecule has 84 valence electrons. The summed E-state index contributed by atoms with van der Waals surface area (Å²) < 4.78 is 0. The number of nitrogens with two attached hydrogens (primary N) is 2. The molecule has 0 atom stereocenters. The van der Waals surface area contributed by atoms with E-state index >= 15 is 0 Å². The molecule has 1 aromatic heterocycles. The molecule has 1 heterocycles. The molecule has 1 aromatic rings. The van der Waals surface area contributed by atoms with Crippen LogP contribution in [0, 0.1) is 0 Å². The van der Waals surface area contributed by atoms with Crippen LogP contribution in [0.5, 0.6) is 0 Å². The van der Waals surface area contributed by atoms with Gasteiger partial charge in [-0.25, -0.2) is 0 Å². The largest absolute Gasteiger partial charge is 0.396 e. The highest BCUT2D eigenvalue weighted by atomic mass is 32.2. The van der Waals surface area contributed by atoms with E-state index in [2.05, 4.69) is 20.3 Å². The zero-order chi connectivity index (χ0) is 11.1. The monoisotopic (exact) mass is 230 g/mol. The van der Waals surface area contributed by atoms with Gasteiger partial charge < -0.3 is 21.9 Å². The van der Waals surface area contributed by atoms with Gasteiger partial charge in [0.05, 0.1) is 6.61 Å². The lowest BCUT2D eigenvalue weighted by molar-refractivity contribution is 0.322. The van der Waals surface area contributed by atoms with Gasteiger partial charge in [-0.1, -0.05) is 0 Å². The van der Waals surface area contributed by atoms with Crippen LogP contribution in [-0.2, 0) is 0 Å². The molecular formula is C7H14N6OS. The van der Waals surface area contributed by atoms with E-state index in [1.807, 2.05) is 0 Å². The zero-order valence-corrected chi connectivity index (χ0v) is 9.00. The zero-order valence-electron chi connectivity index (χ0n) is 8.18. The first kappa shape index (κ1) is 11.8. The minimum absolute atomic E-state index is 0.105. The molecule has 6 N–H and O–H groups in total. The number of aliphatic hydroxyl groups excluding tert-OH is 1. The van der Waals surface area contributed by atoms with Gasteiger partial charge in [-0.2, -0.15) is 26.7 Å². The van der Waals surface area contributed by atoms with Gasteiger partial charge in [0.15, 0.2) is 0 Å². The average molecular weight is 230 g/mol. The Kier molecular flexibility index (Phi) is 4.91. The number of nitrogen functional groups attached to an aromatic ring is 2. The number of aromatic nitrogens is 3. The molecule has 0 bridgehead atoms. The van der Waals surface area contributed by atoms with E-state index in [1.165, 1.54) is 0 Å². The standard InChI is InChI=1S/C7H14N6OS/c8-5-11-6(9)13-7(12-5)10-1-3-15-4-2-14/h14H,1-4H2,(H5,8,9,10,11,12,13). The highest BCUT2D eigenvalue weighted by molar-refractivity contribution is 7.99. The maximum Gasteiger partial charge on any atom is 0.229 e. The number of rotatable bonds is 6. The Hall–Kier alpha value is -1.28. The van der Waals surface area contributed by atoms with Crippen molar-refractivity contribution in [1.82, 2.24) is 15.0 Å². The van der Waals surface area contributed by atoms with Crippen molar-refractivity contribution in [3.05, 3.63) is 0 Å². The van der Waals surface area contributed by atoms with Crippen LogP contribution in [-0.4, -0.2) is 44.7 Å². The van der Waals surface area contributed by atoms with Crippen LogP contribution in [0.15, 0.2) is 0 Å². The Balaban J connectivity index is 2.31. The molecule has 1 rings (SSSR count). The number of thioether (sulfide) groups is 1. The van der Waals surface area contributed by atoms with Crippen molar-refractivity contribution in [2.45, 2.75) is 0 Å². The second-order valence-electron chi connectivity index (χ2n) is 2.64. The van der Waals surface area contributed by atoms with E-state index in [0.29, 0.717) is 12.5 Å². The lowest BCUT2D eigenvalue weighted by atomic mass is 10.7. The molecule has 0 radical (unpaired) electrons. The van der Waals surface area contributed by atoms with Crippen LogP contribution in [0.4, 0.5) is 17.8 Å². The highest BCUT2D eigenvalue weighted by Gasteiger charge is 1.99. The molecule has 0 aromatic carbocycles. The maximum atomic E-state index is 8.55. The molecule has 8 heteroatoms. The fourth-order valence-electron chi connectivity index (χ4n) is 0.890. The maximum absolute atomic E-state index is 8.55. The van der Waals surface area contributed by atoms with Crippen molar-refractivity contribution >= 4 is 29.6 Å². The normalized spacial score (nSPS) is 10.2. The van der Waals surface area contributed by atoms with Crippen LogP contribution in [0.3, 0.4) is 0 Å². The molecule has 0 aliphatic rings. The molecule has 0 spiro atoms. The van der Waals surface area contributed by atoms with Gasteiger partial charge in [0.25, 0.3) is 0 Å². The summed E-state index contributed by atoms with van der Waals surface area (Å²) in [6.07, 6.45) is 0. The predicted molar refractivity (Wildman–Crippen MR) is 61.6 cm³/mol. The van der Waals surface area contributed by atoms with Crippen LogP contribution < -0.4 is 16.8 Å². The van der Waals surface area contributed by atoms with Crippen molar-refractivity contribution in [3.8, 4) is 0 Å². The van der Waals surface area contributed by atoms with Crippen molar-refractivity contribution in [3.63, 3.8) is 0 Å². The minimum atomic E-state index is 0.105. The molecule has 0 unspecified atom stereocenters. The third-order valence-electron chi connectivity index (χ3n) is 1.44. The van der Waals surface area contributed by atoms with E-state index < -0.39 is 0 Å². The summed E-state index contributed by atoms with van der Waals surface area (Å²) in [6, 6.07) is 0. The number of hydrogen-bond acceptors (Lipinski definition) is 8. The quantitative estimate of drug-likeness (QED) is 0.467. The Bertz CT molecular complexity index is 289. The number of hydrogen-bond donors (Lipinski definition) is 4. The van der Waals surface area contributed by atoms with E-state index in [1.54, 1.807) is 11.8 Å². The third kappa shape index (κ3) is 4.66. The van der Waals surface area contributed by atoms with Crippen LogP contribution >= 0.6 is 11.8 Å². The summed E-state index contributed by atoms with van der Waals surface area (Å²) in [5, 5.41) is 11.5. The van der Waals surface area contributed by atoms with Crippen LogP contribution in [0.25, 0.3) is 0 Å². The molecule has 0 fully saturated rings. The van der Waals surface area contributed by atoms with E-state index in [0.717, 1.165) is 11.5 Å².